The van der Waals surface area contributed by atoms with Gasteiger partial charge in [-0.05, 0) is 42.5 Å². The number of carbonyl (C=O) groups excluding carboxylic acids is 2. The predicted octanol–water partition coefficient (Wildman–Crippen LogP) is 1.85. The molecule has 138 valence electrons. The number of hydrogen-bond donors (Lipinski definition) is 1. The topological polar surface area (TPSA) is 92.8 Å². The molecule has 1 aliphatic heterocycles. The summed E-state index contributed by atoms with van der Waals surface area (Å²) in [5.74, 6) is -0.359. The zero-order chi connectivity index (χ0) is 18.6. The van der Waals surface area contributed by atoms with Crippen molar-refractivity contribution < 1.29 is 22.7 Å². The molecule has 0 spiro atoms. The molecule has 1 aliphatic rings. The summed E-state index contributed by atoms with van der Waals surface area (Å²) in [5.41, 5.74) is 0.441. The maximum atomic E-state index is 12.8. The van der Waals surface area contributed by atoms with Crippen LogP contribution in [0.15, 0.2) is 29.2 Å². The number of esters is 1. The summed E-state index contributed by atoms with van der Waals surface area (Å²) in [6.07, 6.45) is 1.03. The predicted molar refractivity (Wildman–Crippen MR) is 93.4 cm³/mol. The van der Waals surface area contributed by atoms with Crippen LogP contribution in [0.3, 0.4) is 0 Å². The Morgan fingerprint density at radius 3 is 2.24 bits per heavy atom. The van der Waals surface area contributed by atoms with Crippen molar-refractivity contribution in [2.45, 2.75) is 32.1 Å². The highest BCUT2D eigenvalue weighted by Crippen LogP contribution is 2.27. The first kappa shape index (κ1) is 19.4. The van der Waals surface area contributed by atoms with Crippen LogP contribution in [-0.4, -0.2) is 44.3 Å². The molecular formula is C17H24N2O5S. The molecule has 1 fully saturated rings. The van der Waals surface area contributed by atoms with Gasteiger partial charge in [0, 0.05) is 25.7 Å². The molecule has 7 nitrogen and oxygen atoms in total. The third-order valence-corrected chi connectivity index (χ3v) is 5.86. The second-order valence-corrected chi connectivity index (χ2v) is 8.56. The van der Waals surface area contributed by atoms with E-state index in [9.17, 15) is 18.0 Å². The van der Waals surface area contributed by atoms with E-state index >= 15 is 0 Å². The van der Waals surface area contributed by atoms with Gasteiger partial charge in [-0.25, -0.2) is 8.42 Å². The van der Waals surface area contributed by atoms with E-state index in [0.29, 0.717) is 30.6 Å². The Morgan fingerprint density at radius 1 is 1.16 bits per heavy atom. The number of nitrogens with one attached hydrogen (secondary N) is 1. The molecule has 1 saturated heterocycles. The van der Waals surface area contributed by atoms with Crippen molar-refractivity contribution in [2.75, 3.05) is 25.0 Å². The van der Waals surface area contributed by atoms with Gasteiger partial charge in [0.15, 0.2) is 6.61 Å². The Labute approximate surface area is 148 Å². The fourth-order valence-electron chi connectivity index (χ4n) is 3.03. The van der Waals surface area contributed by atoms with Gasteiger partial charge < -0.3 is 10.1 Å². The van der Waals surface area contributed by atoms with E-state index in [4.69, 9.17) is 0 Å². The highest BCUT2D eigenvalue weighted by molar-refractivity contribution is 7.89. The Bertz CT molecular complexity index is 720. The first-order chi connectivity index (χ1) is 11.7. The third-order valence-electron chi connectivity index (χ3n) is 4.02. The molecule has 0 saturated carbocycles. The number of carbonyl (C=O) groups is 2. The van der Waals surface area contributed by atoms with Crippen LogP contribution in [0.1, 0.15) is 27.2 Å². The van der Waals surface area contributed by atoms with E-state index < -0.39 is 21.9 Å². The van der Waals surface area contributed by atoms with Crippen molar-refractivity contribution in [3.63, 3.8) is 0 Å². The number of rotatable bonds is 5. The van der Waals surface area contributed by atoms with Crippen LogP contribution in [0.5, 0.6) is 0 Å². The molecule has 2 atom stereocenters. The molecule has 8 heteroatoms. The lowest BCUT2D eigenvalue weighted by Crippen LogP contribution is -2.42. The molecule has 1 aromatic rings. The maximum absolute atomic E-state index is 12.8. The monoisotopic (exact) mass is 368 g/mol. The number of nitrogens with zero attached hydrogens (tertiary/aromatic N) is 1. The molecule has 1 aromatic carbocycles. The normalized spacial score (nSPS) is 21.6. The van der Waals surface area contributed by atoms with Gasteiger partial charge in [0.05, 0.1) is 4.90 Å². The largest absolute Gasteiger partial charge is 0.456 e. The molecule has 1 heterocycles. The van der Waals surface area contributed by atoms with Crippen LogP contribution in [0.4, 0.5) is 5.69 Å². The van der Waals surface area contributed by atoms with E-state index in [1.165, 1.54) is 35.5 Å². The van der Waals surface area contributed by atoms with Crippen LogP contribution >= 0.6 is 0 Å². The molecule has 0 bridgehead atoms. The average Bonchev–Trinajstić information content (AvgIpc) is 2.52. The minimum Gasteiger partial charge on any atom is -0.456 e. The quantitative estimate of drug-likeness (QED) is 0.801. The lowest BCUT2D eigenvalue weighted by atomic mass is 9.94. The molecule has 1 amide bonds. The minimum atomic E-state index is -3.54. The van der Waals surface area contributed by atoms with E-state index in [0.717, 1.165) is 6.42 Å². The number of piperidine rings is 1. The van der Waals surface area contributed by atoms with Crippen molar-refractivity contribution in [1.29, 1.82) is 0 Å². The average molecular weight is 368 g/mol. The number of anilines is 1. The van der Waals surface area contributed by atoms with Crippen molar-refractivity contribution in [1.82, 2.24) is 4.31 Å². The van der Waals surface area contributed by atoms with Crippen molar-refractivity contribution in [3.8, 4) is 0 Å². The summed E-state index contributed by atoms with van der Waals surface area (Å²) < 4.78 is 31.7. The minimum absolute atomic E-state index is 0.201. The van der Waals surface area contributed by atoms with Gasteiger partial charge in [-0.15, -0.1) is 0 Å². The highest BCUT2D eigenvalue weighted by Gasteiger charge is 2.31. The van der Waals surface area contributed by atoms with E-state index in [2.05, 4.69) is 23.9 Å². The number of hydrogen-bond acceptors (Lipinski definition) is 5. The van der Waals surface area contributed by atoms with Gasteiger partial charge in [-0.1, -0.05) is 13.8 Å². The van der Waals surface area contributed by atoms with Gasteiger partial charge in [-0.2, -0.15) is 4.31 Å². The summed E-state index contributed by atoms with van der Waals surface area (Å²) in [4.78, 5) is 22.5. The molecule has 0 radical (unpaired) electrons. The highest BCUT2D eigenvalue weighted by atomic mass is 32.2. The molecule has 25 heavy (non-hydrogen) atoms. The molecule has 0 aromatic heterocycles. The Morgan fingerprint density at radius 2 is 1.72 bits per heavy atom. The first-order valence-electron chi connectivity index (χ1n) is 8.22. The fraction of sp³-hybridized carbons (Fsp3) is 0.529. The van der Waals surface area contributed by atoms with Gasteiger partial charge in [0.1, 0.15) is 0 Å². The van der Waals surface area contributed by atoms with E-state index in [1.54, 1.807) is 0 Å². The SMILES string of the molecule is CC(=O)OCC(=O)Nc1ccc(S(=O)(=O)N2C[C@H](C)C[C@H](C)C2)cc1. The van der Waals surface area contributed by atoms with Crippen LogP contribution < -0.4 is 5.32 Å². The number of amides is 1. The van der Waals surface area contributed by atoms with Crippen molar-refractivity contribution >= 4 is 27.6 Å². The van der Waals surface area contributed by atoms with Crippen LogP contribution in [0.2, 0.25) is 0 Å². The van der Waals surface area contributed by atoms with Crippen molar-refractivity contribution in [3.05, 3.63) is 24.3 Å². The summed E-state index contributed by atoms with van der Waals surface area (Å²) in [6, 6.07) is 5.99. The summed E-state index contributed by atoms with van der Waals surface area (Å²) in [5, 5.41) is 2.55. The van der Waals surface area contributed by atoms with Crippen LogP contribution in [0.25, 0.3) is 0 Å². The second kappa shape index (κ2) is 7.97. The zero-order valence-electron chi connectivity index (χ0n) is 14.7. The molecule has 1 N–H and O–H groups in total. The molecule has 2 rings (SSSR count). The first-order valence-corrected chi connectivity index (χ1v) is 9.66. The molecule has 0 aliphatic carbocycles. The lowest BCUT2D eigenvalue weighted by Gasteiger charge is -2.34. The summed E-state index contributed by atoms with van der Waals surface area (Å²) >= 11 is 0. The second-order valence-electron chi connectivity index (χ2n) is 6.62. The Balaban J connectivity index is 2.05. The molecular weight excluding hydrogens is 344 g/mol. The van der Waals surface area contributed by atoms with Gasteiger partial charge in [0.25, 0.3) is 5.91 Å². The van der Waals surface area contributed by atoms with Crippen LogP contribution in [0, 0.1) is 11.8 Å². The standard InChI is InChI=1S/C17H24N2O5S/c1-12-8-13(2)10-19(9-12)25(22,23)16-6-4-15(5-7-16)18-17(21)11-24-14(3)20/h4-7,12-13H,8-11H2,1-3H3,(H,18,21)/t12-,13+. The smallest absolute Gasteiger partial charge is 0.303 e. The zero-order valence-corrected chi connectivity index (χ0v) is 15.5. The fourth-order valence-corrected chi connectivity index (χ4v) is 4.71. The number of sulfonamides is 1. The van der Waals surface area contributed by atoms with E-state index in [-0.39, 0.29) is 11.5 Å². The van der Waals surface area contributed by atoms with Crippen molar-refractivity contribution in [2.24, 2.45) is 11.8 Å². The Hall–Kier alpha value is -1.93. The van der Waals surface area contributed by atoms with Crippen LogP contribution in [-0.2, 0) is 24.3 Å². The van der Waals surface area contributed by atoms with Gasteiger partial charge in [-0.3, -0.25) is 9.59 Å². The number of benzene rings is 1. The summed E-state index contributed by atoms with van der Waals surface area (Å²) in [7, 11) is -3.54. The lowest BCUT2D eigenvalue weighted by molar-refractivity contribution is -0.144. The Kier molecular flexibility index (Phi) is 6.18. The van der Waals surface area contributed by atoms with E-state index in [1.807, 2.05) is 0 Å². The summed E-state index contributed by atoms with van der Waals surface area (Å²) in [6.45, 7) is 6.00. The van der Waals surface area contributed by atoms with Gasteiger partial charge >= 0.3 is 5.97 Å². The number of ether oxygens (including phenoxy) is 1. The van der Waals surface area contributed by atoms with Gasteiger partial charge in [0.2, 0.25) is 10.0 Å². The maximum Gasteiger partial charge on any atom is 0.303 e. The third kappa shape index (κ3) is 5.27. The molecule has 0 unspecified atom stereocenters.